The second kappa shape index (κ2) is 18.5. The first kappa shape index (κ1) is 48.5. The summed E-state index contributed by atoms with van der Waals surface area (Å²) in [6.45, 7) is 9.44. The highest BCUT2D eigenvalue weighted by Crippen LogP contribution is 2.70. The molecule has 4 aliphatic carbocycles. The molecule has 18 heteroatoms. The van der Waals surface area contributed by atoms with Gasteiger partial charge >= 0.3 is 0 Å². The molecule has 4 aliphatic heterocycles. The van der Waals surface area contributed by atoms with Crippen molar-refractivity contribution in [3.05, 3.63) is 11.6 Å². The Hall–Kier alpha value is -0.980. The van der Waals surface area contributed by atoms with Gasteiger partial charge in [-0.05, 0) is 98.7 Å². The maximum Gasteiger partial charge on any atom is 0.187 e. The highest BCUT2D eigenvalue weighted by Gasteiger charge is 2.68. The first-order chi connectivity index (χ1) is 29.8. The molecular weight excluding hydrogens is 828 g/mol. The first-order valence-corrected chi connectivity index (χ1v) is 23.4. The lowest BCUT2D eigenvalue weighted by Gasteiger charge is -2.59. The molecule has 0 amide bonds. The Labute approximate surface area is 369 Å². The van der Waals surface area contributed by atoms with Gasteiger partial charge in [0, 0.05) is 12.3 Å². The molecule has 0 aromatic carbocycles. The van der Waals surface area contributed by atoms with Crippen LogP contribution in [0.15, 0.2) is 11.6 Å². The molecule has 18 nitrogen and oxygen atoms in total. The molecule has 63 heavy (non-hydrogen) atoms. The molecule has 7 fully saturated rings. The van der Waals surface area contributed by atoms with Crippen LogP contribution in [0, 0.1) is 46.3 Å². The predicted molar refractivity (Wildman–Crippen MR) is 218 cm³/mol. The number of aliphatic hydroxyl groups excluding tert-OH is 10. The van der Waals surface area contributed by atoms with Crippen molar-refractivity contribution in [3.63, 3.8) is 0 Å². The molecule has 4 saturated heterocycles. The largest absolute Gasteiger partial charge is 0.394 e. The lowest BCUT2D eigenvalue weighted by atomic mass is 9.46. The third kappa shape index (κ3) is 8.51. The van der Waals surface area contributed by atoms with Crippen molar-refractivity contribution in [1.29, 1.82) is 0 Å². The van der Waals surface area contributed by atoms with Gasteiger partial charge in [0.1, 0.15) is 67.1 Å². The SMILES string of the molecule is C[C@@H](CC[C@@]1(O)O[C@H]2C[C@H]3[C@@H]4CCC5=C[C@@H](O[C@@H]6O[C@H](CO)[C@@H](O)[C@H](O)[C@H]6O[C@@H]6O[C@@H](C)[C@H](O)[C@@H](O)[C@H]6O)CC[C@]5(C)[C@H]4CC[C@]3(C)[C@H]2[C@@H]1C)CO[C@@H]1O[C@H](CO)[C@@H](O)[C@H](O)[C@H]1O. The standard InChI is InChI=1S/C45H74O18/c1-19(18-57-40-37(54)35(52)32(49)28(16-46)60-40)8-13-45(56)20(2)30-27(63-45)15-26-24-7-6-22-14-23(9-11-43(22,4)25(24)10-12-44(26,30)5)59-42-39(36(53)33(50)29(17-47)61-42)62-41-38(55)34(51)31(48)21(3)58-41/h14,19-21,23-42,46-56H,6-13,15-18H2,1-5H3/t19-,20-,21-,23-,24+,25-,26-,27-,28+,29+,30-,31-,32+,33+,34+,35-,36-,37+,38+,39+,40+,41-,42+,43-,44-,45+/m0/s1. The highest BCUT2D eigenvalue weighted by molar-refractivity contribution is 5.26. The van der Waals surface area contributed by atoms with E-state index in [1.54, 1.807) is 0 Å². The van der Waals surface area contributed by atoms with E-state index >= 15 is 0 Å². The van der Waals surface area contributed by atoms with Crippen molar-refractivity contribution in [2.75, 3.05) is 19.8 Å². The molecule has 11 N–H and O–H groups in total. The number of hydrogen-bond acceptors (Lipinski definition) is 18. The fourth-order valence-corrected chi connectivity index (χ4v) is 13.5. The molecule has 26 atom stereocenters. The van der Waals surface area contributed by atoms with Crippen molar-refractivity contribution in [2.45, 2.75) is 203 Å². The molecule has 362 valence electrons. The zero-order valence-corrected chi connectivity index (χ0v) is 37.1. The van der Waals surface area contributed by atoms with Gasteiger partial charge in [-0.25, -0.2) is 0 Å². The van der Waals surface area contributed by atoms with Gasteiger partial charge in [-0.2, -0.15) is 0 Å². The molecule has 0 radical (unpaired) electrons. The van der Waals surface area contributed by atoms with E-state index < -0.39 is 117 Å². The van der Waals surface area contributed by atoms with Gasteiger partial charge in [0.15, 0.2) is 24.7 Å². The normalized spacial score (nSPS) is 55.0. The molecule has 4 heterocycles. The molecular formula is C45H74O18. The second-order valence-electron chi connectivity index (χ2n) is 21.0. The lowest BCUT2D eigenvalue weighted by Crippen LogP contribution is -2.64. The molecule has 0 aromatic heterocycles. The summed E-state index contributed by atoms with van der Waals surface area (Å²) in [4.78, 5) is 0. The van der Waals surface area contributed by atoms with Gasteiger partial charge in [0.25, 0.3) is 0 Å². The monoisotopic (exact) mass is 902 g/mol. The summed E-state index contributed by atoms with van der Waals surface area (Å²) in [6.07, 6.45) is -11.5. The highest BCUT2D eigenvalue weighted by atomic mass is 16.8. The minimum atomic E-state index is -1.65. The Morgan fingerprint density at radius 3 is 2.08 bits per heavy atom. The number of aliphatic hydroxyl groups is 11. The van der Waals surface area contributed by atoms with E-state index in [-0.39, 0.29) is 41.3 Å². The summed E-state index contributed by atoms with van der Waals surface area (Å²) in [5, 5.41) is 115. The van der Waals surface area contributed by atoms with E-state index in [1.807, 2.05) is 6.92 Å². The Morgan fingerprint density at radius 2 is 1.38 bits per heavy atom. The average Bonchev–Trinajstić information content (AvgIpc) is 3.70. The fraction of sp³-hybridized carbons (Fsp3) is 0.956. The van der Waals surface area contributed by atoms with Gasteiger partial charge in [-0.3, -0.25) is 0 Å². The summed E-state index contributed by atoms with van der Waals surface area (Å²) >= 11 is 0. The summed E-state index contributed by atoms with van der Waals surface area (Å²) in [6, 6.07) is 0. The summed E-state index contributed by atoms with van der Waals surface area (Å²) in [7, 11) is 0. The quantitative estimate of drug-likeness (QED) is 0.107. The molecule has 8 rings (SSSR count). The van der Waals surface area contributed by atoms with Crippen LogP contribution >= 0.6 is 0 Å². The Morgan fingerprint density at radius 1 is 0.730 bits per heavy atom. The van der Waals surface area contributed by atoms with E-state index in [9.17, 15) is 56.2 Å². The smallest absolute Gasteiger partial charge is 0.187 e. The van der Waals surface area contributed by atoms with Crippen molar-refractivity contribution in [3.8, 4) is 0 Å². The zero-order valence-electron chi connectivity index (χ0n) is 37.1. The van der Waals surface area contributed by atoms with Crippen molar-refractivity contribution < 1.29 is 89.3 Å². The van der Waals surface area contributed by atoms with Crippen LogP contribution in [0.4, 0.5) is 0 Å². The number of allylic oxidation sites excluding steroid dienone is 1. The van der Waals surface area contributed by atoms with Crippen LogP contribution in [0.25, 0.3) is 0 Å². The van der Waals surface area contributed by atoms with Gasteiger partial charge in [0.05, 0.1) is 38.1 Å². The van der Waals surface area contributed by atoms with E-state index in [4.69, 9.17) is 33.2 Å². The minimum absolute atomic E-state index is 0.00497. The summed E-state index contributed by atoms with van der Waals surface area (Å²) in [5.74, 6) is 0.118. The average molecular weight is 903 g/mol. The van der Waals surface area contributed by atoms with E-state index in [2.05, 4.69) is 26.8 Å². The molecule has 0 unspecified atom stereocenters. The lowest BCUT2D eigenvalue weighted by molar-refractivity contribution is -0.368. The van der Waals surface area contributed by atoms with Gasteiger partial charge in [-0.15, -0.1) is 0 Å². The topological polar surface area (TPSA) is 287 Å². The number of fused-ring (bicyclic) bond motifs is 7. The first-order valence-electron chi connectivity index (χ1n) is 23.4. The van der Waals surface area contributed by atoms with Crippen LogP contribution in [-0.2, 0) is 33.2 Å². The maximum atomic E-state index is 12.0. The predicted octanol–water partition coefficient (Wildman–Crippen LogP) is -0.831. The Bertz CT molecular complexity index is 1600. The van der Waals surface area contributed by atoms with Gasteiger partial charge in [-0.1, -0.05) is 39.3 Å². The Kier molecular flexibility index (Phi) is 14.2. The molecule has 0 spiro atoms. The fourth-order valence-electron chi connectivity index (χ4n) is 13.5. The van der Waals surface area contributed by atoms with Crippen molar-refractivity contribution in [2.24, 2.45) is 46.3 Å². The molecule has 0 aromatic rings. The maximum absolute atomic E-state index is 12.0. The van der Waals surface area contributed by atoms with Crippen LogP contribution in [0.1, 0.15) is 92.4 Å². The van der Waals surface area contributed by atoms with E-state index in [0.29, 0.717) is 37.0 Å². The summed E-state index contributed by atoms with van der Waals surface area (Å²) < 4.78 is 42.0. The van der Waals surface area contributed by atoms with E-state index in [0.717, 1.165) is 38.5 Å². The number of ether oxygens (including phenoxy) is 7. The third-order valence-corrected chi connectivity index (χ3v) is 17.4. The van der Waals surface area contributed by atoms with Crippen molar-refractivity contribution >= 4 is 0 Å². The third-order valence-electron chi connectivity index (χ3n) is 17.4. The summed E-state index contributed by atoms with van der Waals surface area (Å²) in [5.41, 5.74) is 1.24. The van der Waals surface area contributed by atoms with Crippen LogP contribution in [0.2, 0.25) is 0 Å². The van der Waals surface area contributed by atoms with Gasteiger partial charge < -0.3 is 89.3 Å². The Balaban J connectivity index is 0.888. The van der Waals surface area contributed by atoms with Crippen LogP contribution < -0.4 is 0 Å². The van der Waals surface area contributed by atoms with Gasteiger partial charge in [0.2, 0.25) is 0 Å². The molecule has 8 aliphatic rings. The van der Waals surface area contributed by atoms with E-state index in [1.165, 1.54) is 12.5 Å². The van der Waals surface area contributed by atoms with Crippen LogP contribution in [0.5, 0.6) is 0 Å². The molecule has 0 bridgehead atoms. The molecule has 3 saturated carbocycles. The number of rotatable bonds is 12. The number of hydrogen-bond donors (Lipinski definition) is 11. The van der Waals surface area contributed by atoms with Crippen molar-refractivity contribution in [1.82, 2.24) is 0 Å². The second-order valence-corrected chi connectivity index (χ2v) is 21.0. The van der Waals surface area contributed by atoms with Crippen LogP contribution in [0.3, 0.4) is 0 Å². The minimum Gasteiger partial charge on any atom is -0.394 e. The zero-order chi connectivity index (χ0) is 45.5. The van der Waals surface area contributed by atoms with Crippen LogP contribution in [-0.4, -0.2) is 186 Å².